The van der Waals surface area contributed by atoms with Gasteiger partial charge in [0.1, 0.15) is 0 Å². The standard InChI is InChI=1S/C18H20N2/c1-12-4-2-3-5-14(12)13-6-7-17-15(10-13)16-11-19-9-8-18(16)20-17/h2-7,10,16,18-20H,8-9,11H2,1H3/t16-,18-/m0/s1. The fourth-order valence-corrected chi connectivity index (χ4v) is 3.62. The second-order valence-electron chi connectivity index (χ2n) is 5.97. The Kier molecular flexibility index (Phi) is 2.78. The third-order valence-corrected chi connectivity index (χ3v) is 4.73. The van der Waals surface area contributed by atoms with Crippen molar-refractivity contribution in [1.82, 2.24) is 5.32 Å². The van der Waals surface area contributed by atoms with Crippen LogP contribution in [0, 0.1) is 6.92 Å². The molecule has 0 aliphatic carbocycles. The Morgan fingerprint density at radius 1 is 1.10 bits per heavy atom. The maximum absolute atomic E-state index is 3.69. The van der Waals surface area contributed by atoms with Crippen LogP contribution in [0.15, 0.2) is 42.5 Å². The Labute approximate surface area is 120 Å². The van der Waals surface area contributed by atoms with Gasteiger partial charge in [-0.2, -0.15) is 0 Å². The molecule has 2 atom stereocenters. The molecule has 0 saturated carbocycles. The lowest BCUT2D eigenvalue weighted by molar-refractivity contribution is 0.440. The first kappa shape index (κ1) is 12.0. The fourth-order valence-electron chi connectivity index (χ4n) is 3.62. The van der Waals surface area contributed by atoms with Crippen molar-refractivity contribution in [1.29, 1.82) is 0 Å². The van der Waals surface area contributed by atoms with Gasteiger partial charge in [0.15, 0.2) is 0 Å². The molecule has 0 amide bonds. The van der Waals surface area contributed by atoms with E-state index in [1.54, 1.807) is 0 Å². The number of rotatable bonds is 1. The summed E-state index contributed by atoms with van der Waals surface area (Å²) in [4.78, 5) is 0. The van der Waals surface area contributed by atoms with E-state index in [2.05, 4.69) is 60.0 Å². The molecule has 102 valence electrons. The van der Waals surface area contributed by atoms with E-state index in [-0.39, 0.29) is 0 Å². The van der Waals surface area contributed by atoms with Crippen molar-refractivity contribution in [3.05, 3.63) is 53.6 Å². The molecule has 0 unspecified atom stereocenters. The van der Waals surface area contributed by atoms with Crippen molar-refractivity contribution in [3.63, 3.8) is 0 Å². The summed E-state index contributed by atoms with van der Waals surface area (Å²) in [5, 5.41) is 7.22. The van der Waals surface area contributed by atoms with Crippen LogP contribution in [0.25, 0.3) is 11.1 Å². The Bertz CT molecular complexity index is 648. The minimum Gasteiger partial charge on any atom is -0.381 e. The number of nitrogens with one attached hydrogen (secondary N) is 2. The SMILES string of the molecule is Cc1ccccc1-c1ccc2c(c1)[C@@H]1CNCC[C@@H]1N2. The normalized spacial score (nSPS) is 23.9. The summed E-state index contributed by atoms with van der Waals surface area (Å²) in [6.45, 7) is 4.42. The molecule has 2 nitrogen and oxygen atoms in total. The topological polar surface area (TPSA) is 24.1 Å². The number of piperidine rings is 1. The number of anilines is 1. The van der Waals surface area contributed by atoms with Crippen molar-refractivity contribution in [3.8, 4) is 11.1 Å². The maximum Gasteiger partial charge on any atom is 0.0379 e. The van der Waals surface area contributed by atoms with Gasteiger partial charge in [0.05, 0.1) is 0 Å². The summed E-state index contributed by atoms with van der Waals surface area (Å²) >= 11 is 0. The molecule has 2 aromatic rings. The fraction of sp³-hybridized carbons (Fsp3) is 0.333. The zero-order valence-electron chi connectivity index (χ0n) is 11.8. The third kappa shape index (κ3) is 1.83. The van der Waals surface area contributed by atoms with E-state index in [0.29, 0.717) is 12.0 Å². The monoisotopic (exact) mass is 264 g/mol. The van der Waals surface area contributed by atoms with Crippen molar-refractivity contribution in [2.45, 2.75) is 25.3 Å². The number of aryl methyl sites for hydroxylation is 1. The zero-order chi connectivity index (χ0) is 13.5. The Hall–Kier alpha value is -1.80. The smallest absolute Gasteiger partial charge is 0.0379 e. The zero-order valence-corrected chi connectivity index (χ0v) is 11.8. The van der Waals surface area contributed by atoms with E-state index in [9.17, 15) is 0 Å². The number of hydrogen-bond acceptors (Lipinski definition) is 2. The first-order chi connectivity index (χ1) is 9.83. The average molecular weight is 264 g/mol. The molecular weight excluding hydrogens is 244 g/mol. The third-order valence-electron chi connectivity index (χ3n) is 4.73. The van der Waals surface area contributed by atoms with Crippen LogP contribution in [0.4, 0.5) is 5.69 Å². The molecule has 2 heterocycles. The molecule has 0 bridgehead atoms. The molecule has 2 heteroatoms. The molecule has 2 aromatic carbocycles. The number of benzene rings is 2. The van der Waals surface area contributed by atoms with Crippen LogP contribution in [0.5, 0.6) is 0 Å². The molecule has 0 spiro atoms. The highest BCUT2D eigenvalue weighted by atomic mass is 15.0. The Balaban J connectivity index is 1.77. The van der Waals surface area contributed by atoms with E-state index in [1.165, 1.54) is 34.4 Å². The Morgan fingerprint density at radius 3 is 2.90 bits per heavy atom. The van der Waals surface area contributed by atoms with Crippen molar-refractivity contribution >= 4 is 5.69 Å². The average Bonchev–Trinajstić information content (AvgIpc) is 2.85. The van der Waals surface area contributed by atoms with Crippen LogP contribution in [-0.4, -0.2) is 19.1 Å². The molecular formula is C18H20N2. The lowest BCUT2D eigenvalue weighted by atomic mass is 9.88. The number of hydrogen-bond donors (Lipinski definition) is 2. The molecule has 20 heavy (non-hydrogen) atoms. The minimum absolute atomic E-state index is 0.623. The lowest BCUT2D eigenvalue weighted by Gasteiger charge is -2.26. The van der Waals surface area contributed by atoms with Gasteiger partial charge in [0.2, 0.25) is 0 Å². The minimum atomic E-state index is 0.623. The molecule has 1 saturated heterocycles. The van der Waals surface area contributed by atoms with Crippen molar-refractivity contribution in [2.75, 3.05) is 18.4 Å². The second kappa shape index (κ2) is 4.64. The first-order valence-electron chi connectivity index (χ1n) is 7.50. The molecule has 4 rings (SSSR count). The van der Waals surface area contributed by atoms with Gasteiger partial charge in [-0.15, -0.1) is 0 Å². The quantitative estimate of drug-likeness (QED) is 0.823. The van der Waals surface area contributed by atoms with E-state index < -0.39 is 0 Å². The predicted molar refractivity (Wildman–Crippen MR) is 84.3 cm³/mol. The highest BCUT2D eigenvalue weighted by Crippen LogP contribution is 2.40. The van der Waals surface area contributed by atoms with E-state index in [4.69, 9.17) is 0 Å². The van der Waals surface area contributed by atoms with Crippen LogP contribution in [0.3, 0.4) is 0 Å². The van der Waals surface area contributed by atoms with E-state index in [1.807, 2.05) is 0 Å². The molecule has 2 aliphatic rings. The van der Waals surface area contributed by atoms with E-state index in [0.717, 1.165) is 13.1 Å². The molecule has 0 aromatic heterocycles. The van der Waals surface area contributed by atoms with Crippen molar-refractivity contribution < 1.29 is 0 Å². The van der Waals surface area contributed by atoms with Crippen LogP contribution < -0.4 is 10.6 Å². The Morgan fingerprint density at radius 2 is 2.00 bits per heavy atom. The molecule has 2 aliphatic heterocycles. The van der Waals surface area contributed by atoms with Gasteiger partial charge in [-0.05, 0) is 54.3 Å². The van der Waals surface area contributed by atoms with Gasteiger partial charge in [-0.1, -0.05) is 30.3 Å². The highest BCUT2D eigenvalue weighted by molar-refractivity contribution is 5.73. The van der Waals surface area contributed by atoms with Crippen molar-refractivity contribution in [2.24, 2.45) is 0 Å². The van der Waals surface area contributed by atoms with Gasteiger partial charge < -0.3 is 10.6 Å². The first-order valence-corrected chi connectivity index (χ1v) is 7.50. The summed E-state index contributed by atoms with van der Waals surface area (Å²) in [6, 6.07) is 16.2. The maximum atomic E-state index is 3.69. The summed E-state index contributed by atoms with van der Waals surface area (Å²) in [7, 11) is 0. The van der Waals surface area contributed by atoms with E-state index >= 15 is 0 Å². The van der Waals surface area contributed by atoms with Crippen LogP contribution in [0.1, 0.15) is 23.5 Å². The van der Waals surface area contributed by atoms with Gasteiger partial charge in [-0.3, -0.25) is 0 Å². The summed E-state index contributed by atoms with van der Waals surface area (Å²) in [5.41, 5.74) is 6.86. The predicted octanol–water partition coefficient (Wildman–Crippen LogP) is 3.53. The highest BCUT2D eigenvalue weighted by Gasteiger charge is 2.33. The van der Waals surface area contributed by atoms with Gasteiger partial charge >= 0.3 is 0 Å². The van der Waals surface area contributed by atoms with Gasteiger partial charge in [0.25, 0.3) is 0 Å². The lowest BCUT2D eigenvalue weighted by Crippen LogP contribution is -2.38. The van der Waals surface area contributed by atoms with Crippen LogP contribution in [-0.2, 0) is 0 Å². The largest absolute Gasteiger partial charge is 0.381 e. The van der Waals surface area contributed by atoms with Crippen LogP contribution in [0.2, 0.25) is 0 Å². The summed E-state index contributed by atoms with van der Waals surface area (Å²) in [6.07, 6.45) is 1.22. The molecule has 2 N–H and O–H groups in total. The summed E-state index contributed by atoms with van der Waals surface area (Å²) in [5.74, 6) is 0.628. The molecule has 1 fully saturated rings. The van der Waals surface area contributed by atoms with Gasteiger partial charge in [0, 0.05) is 24.2 Å². The molecule has 0 radical (unpaired) electrons. The van der Waals surface area contributed by atoms with Gasteiger partial charge in [-0.25, -0.2) is 0 Å². The summed E-state index contributed by atoms with van der Waals surface area (Å²) < 4.78 is 0. The second-order valence-corrected chi connectivity index (χ2v) is 5.97. The number of fused-ring (bicyclic) bond motifs is 3. The van der Waals surface area contributed by atoms with Crippen LogP contribution >= 0.6 is 0 Å².